The molecule has 0 spiro atoms. The van der Waals surface area contributed by atoms with Gasteiger partial charge in [-0.2, -0.15) is 0 Å². The molecule has 0 bridgehead atoms. The van der Waals surface area contributed by atoms with Gasteiger partial charge in [0.05, 0.1) is 30.6 Å². The van der Waals surface area contributed by atoms with E-state index in [4.69, 9.17) is 25.2 Å². The van der Waals surface area contributed by atoms with Crippen molar-refractivity contribution in [3.8, 4) is 5.75 Å². The van der Waals surface area contributed by atoms with Gasteiger partial charge in [0.2, 0.25) is 5.55 Å². The highest BCUT2D eigenvalue weighted by Crippen LogP contribution is 2.28. The molecule has 4 aromatic rings. The second kappa shape index (κ2) is 8.24. The normalized spacial score (nSPS) is 11.6. The average Bonchev–Trinajstić information content (AvgIpc) is 3.25. The predicted octanol–water partition coefficient (Wildman–Crippen LogP) is 4.85. The molecular weight excluding hydrogens is 392 g/mol. The zero-order valence-electron chi connectivity index (χ0n) is 15.5. The van der Waals surface area contributed by atoms with Crippen molar-refractivity contribution >= 4 is 34.2 Å². The molecule has 0 aliphatic carbocycles. The number of carbonyl (C=O) groups is 1. The van der Waals surface area contributed by atoms with Crippen molar-refractivity contribution in [2.45, 2.75) is 6.54 Å². The van der Waals surface area contributed by atoms with Gasteiger partial charge in [0.1, 0.15) is 22.7 Å². The topological polar surface area (TPSA) is 77.0 Å². The molecule has 4 rings (SSSR count). The number of hydrogen-bond acceptors (Lipinski definition) is 5. The van der Waals surface area contributed by atoms with Crippen LogP contribution in [0.5, 0.6) is 5.75 Å². The number of benzene rings is 2. The fourth-order valence-corrected chi connectivity index (χ4v) is 3.08. The number of halogens is 1. The van der Waals surface area contributed by atoms with E-state index in [1.807, 2.05) is 24.3 Å². The lowest BCUT2D eigenvalue weighted by atomic mass is 10.1. The Morgan fingerprint density at radius 3 is 2.76 bits per heavy atom. The van der Waals surface area contributed by atoms with Crippen LogP contribution in [0.25, 0.3) is 11.0 Å². The van der Waals surface area contributed by atoms with Gasteiger partial charge in [-0.15, -0.1) is 0 Å². The van der Waals surface area contributed by atoms with E-state index >= 15 is 0 Å². The minimum Gasteiger partial charge on any atom is -0.495 e. The molecular formula is C22H17ClN2O4. The number of hydrogen-bond donors (Lipinski definition) is 1. The van der Waals surface area contributed by atoms with Crippen LogP contribution in [-0.2, 0) is 6.54 Å². The van der Waals surface area contributed by atoms with E-state index < -0.39 is 0 Å². The van der Waals surface area contributed by atoms with Crippen LogP contribution in [-0.4, -0.2) is 13.0 Å². The van der Waals surface area contributed by atoms with Crippen molar-refractivity contribution in [1.82, 2.24) is 5.32 Å². The zero-order chi connectivity index (χ0) is 20.2. The Bertz CT molecular complexity index is 1230. The Balaban J connectivity index is 1.77. The van der Waals surface area contributed by atoms with Gasteiger partial charge in [0, 0.05) is 5.39 Å². The van der Waals surface area contributed by atoms with E-state index in [0.29, 0.717) is 33.4 Å². The highest BCUT2D eigenvalue weighted by atomic mass is 35.5. The minimum atomic E-state index is -0.325. The predicted molar refractivity (Wildman–Crippen MR) is 109 cm³/mol. The first-order valence-corrected chi connectivity index (χ1v) is 9.23. The summed E-state index contributed by atoms with van der Waals surface area (Å²) in [7, 11) is 1.54. The van der Waals surface area contributed by atoms with E-state index in [9.17, 15) is 4.79 Å². The molecule has 1 amide bonds. The number of rotatable bonds is 5. The molecule has 0 fully saturated rings. The number of amides is 1. The average molecular weight is 409 g/mol. The monoisotopic (exact) mass is 408 g/mol. The van der Waals surface area contributed by atoms with Crippen LogP contribution in [0.15, 0.2) is 80.8 Å². The molecule has 0 saturated heterocycles. The molecule has 2 aromatic heterocycles. The number of para-hydroxylation sites is 1. The summed E-state index contributed by atoms with van der Waals surface area (Å²) < 4.78 is 16.4. The van der Waals surface area contributed by atoms with Crippen molar-refractivity contribution in [2.75, 3.05) is 7.11 Å². The van der Waals surface area contributed by atoms with Crippen molar-refractivity contribution in [1.29, 1.82) is 0 Å². The van der Waals surface area contributed by atoms with E-state index in [1.54, 1.807) is 42.7 Å². The summed E-state index contributed by atoms with van der Waals surface area (Å²) in [5.41, 5.74) is 1.65. The van der Waals surface area contributed by atoms with Crippen molar-refractivity contribution < 1.29 is 18.4 Å². The van der Waals surface area contributed by atoms with E-state index in [1.165, 1.54) is 7.11 Å². The SMILES string of the molecule is COc1ccc(N=c2oc3ccccc3cc2C(=O)NCc2ccco2)cc1Cl. The maximum absolute atomic E-state index is 12.8. The third kappa shape index (κ3) is 4.17. The highest BCUT2D eigenvalue weighted by molar-refractivity contribution is 6.32. The van der Waals surface area contributed by atoms with Gasteiger partial charge in [-0.3, -0.25) is 4.79 Å². The van der Waals surface area contributed by atoms with Crippen molar-refractivity contribution in [3.05, 3.63) is 88.8 Å². The standard InChI is InChI=1S/C22H17ClN2O4/c1-27-20-9-8-15(12-18(20)23)25-22-17(11-14-5-2-3-7-19(14)29-22)21(26)24-13-16-6-4-10-28-16/h2-12H,13H2,1H3,(H,24,26). The number of nitrogens with zero attached hydrogens (tertiary/aromatic N) is 1. The zero-order valence-corrected chi connectivity index (χ0v) is 16.3. The van der Waals surface area contributed by atoms with E-state index in [-0.39, 0.29) is 18.0 Å². The van der Waals surface area contributed by atoms with Crippen LogP contribution in [0.2, 0.25) is 5.02 Å². The van der Waals surface area contributed by atoms with Gasteiger partial charge in [-0.05, 0) is 42.5 Å². The first-order chi connectivity index (χ1) is 14.1. The summed E-state index contributed by atoms with van der Waals surface area (Å²) in [4.78, 5) is 17.3. The van der Waals surface area contributed by atoms with Crippen LogP contribution in [0.3, 0.4) is 0 Å². The maximum atomic E-state index is 12.8. The van der Waals surface area contributed by atoms with Crippen molar-refractivity contribution in [3.63, 3.8) is 0 Å². The lowest BCUT2D eigenvalue weighted by molar-refractivity contribution is 0.0944. The Labute approximate surface area is 171 Å². The van der Waals surface area contributed by atoms with Gasteiger partial charge >= 0.3 is 0 Å². The number of fused-ring (bicyclic) bond motifs is 1. The second-order valence-electron chi connectivity index (χ2n) is 6.20. The van der Waals surface area contributed by atoms with Gasteiger partial charge < -0.3 is 18.9 Å². The Morgan fingerprint density at radius 1 is 1.14 bits per heavy atom. The third-order valence-electron chi connectivity index (χ3n) is 4.27. The summed E-state index contributed by atoms with van der Waals surface area (Å²) >= 11 is 6.19. The Morgan fingerprint density at radius 2 is 2.00 bits per heavy atom. The smallest absolute Gasteiger partial charge is 0.257 e. The molecule has 0 aliphatic heterocycles. The quantitative estimate of drug-likeness (QED) is 0.512. The number of ether oxygens (including phenoxy) is 1. The minimum absolute atomic E-state index is 0.182. The summed E-state index contributed by atoms with van der Waals surface area (Å²) in [6, 6.07) is 17.8. The van der Waals surface area contributed by atoms with Crippen molar-refractivity contribution in [2.24, 2.45) is 4.99 Å². The molecule has 29 heavy (non-hydrogen) atoms. The molecule has 146 valence electrons. The third-order valence-corrected chi connectivity index (χ3v) is 4.57. The molecule has 0 aliphatic rings. The molecule has 0 atom stereocenters. The maximum Gasteiger partial charge on any atom is 0.257 e. The highest BCUT2D eigenvalue weighted by Gasteiger charge is 2.13. The summed E-state index contributed by atoms with van der Waals surface area (Å²) in [5.74, 6) is 0.864. The Kier molecular flexibility index (Phi) is 5.35. The molecule has 6 nitrogen and oxygen atoms in total. The number of carbonyl (C=O) groups excluding carboxylic acids is 1. The number of furan rings is 1. The molecule has 2 aromatic carbocycles. The lowest BCUT2D eigenvalue weighted by Crippen LogP contribution is -2.28. The van der Waals surface area contributed by atoms with Gasteiger partial charge in [-0.1, -0.05) is 29.8 Å². The molecule has 1 N–H and O–H groups in total. The fraction of sp³-hybridized carbons (Fsp3) is 0.0909. The number of nitrogens with one attached hydrogen (secondary N) is 1. The molecule has 2 heterocycles. The van der Waals surface area contributed by atoms with E-state index in [0.717, 1.165) is 5.39 Å². The fourth-order valence-electron chi connectivity index (χ4n) is 2.83. The molecule has 0 unspecified atom stereocenters. The van der Waals surface area contributed by atoms with E-state index in [2.05, 4.69) is 10.3 Å². The summed E-state index contributed by atoms with van der Waals surface area (Å²) in [5, 5.41) is 4.03. The van der Waals surface area contributed by atoms with Gasteiger partial charge in [0.15, 0.2) is 0 Å². The Hall–Kier alpha value is -3.51. The molecule has 7 heteroatoms. The molecule has 0 radical (unpaired) electrons. The first-order valence-electron chi connectivity index (χ1n) is 8.86. The first kappa shape index (κ1) is 18.8. The van der Waals surface area contributed by atoms with Crippen LogP contribution in [0.4, 0.5) is 5.69 Å². The summed E-state index contributed by atoms with van der Waals surface area (Å²) in [6.07, 6.45) is 1.56. The molecule has 0 saturated carbocycles. The van der Waals surface area contributed by atoms with Crippen LogP contribution in [0.1, 0.15) is 16.1 Å². The number of methoxy groups -OCH3 is 1. The van der Waals surface area contributed by atoms with Crippen LogP contribution >= 0.6 is 11.6 Å². The largest absolute Gasteiger partial charge is 0.495 e. The van der Waals surface area contributed by atoms with Crippen LogP contribution < -0.4 is 15.6 Å². The van der Waals surface area contributed by atoms with Gasteiger partial charge in [0.25, 0.3) is 5.91 Å². The second-order valence-corrected chi connectivity index (χ2v) is 6.60. The lowest BCUT2D eigenvalue weighted by Gasteiger charge is -2.06. The van der Waals surface area contributed by atoms with Crippen LogP contribution in [0, 0.1) is 0 Å². The summed E-state index contributed by atoms with van der Waals surface area (Å²) in [6.45, 7) is 0.256. The van der Waals surface area contributed by atoms with Gasteiger partial charge in [-0.25, -0.2) is 4.99 Å².